The Kier molecular flexibility index (Phi) is 9.13. The van der Waals surface area contributed by atoms with Crippen LogP contribution in [0.2, 0.25) is 0 Å². The van der Waals surface area contributed by atoms with Crippen molar-refractivity contribution in [2.24, 2.45) is 0 Å². The molecule has 0 unspecified atom stereocenters. The maximum absolute atomic E-state index is 14.3. The van der Waals surface area contributed by atoms with E-state index >= 15 is 0 Å². The molecule has 0 bridgehead atoms. The number of methoxy groups -OCH3 is 1. The highest BCUT2D eigenvalue weighted by molar-refractivity contribution is 7.92. The highest BCUT2D eigenvalue weighted by Gasteiger charge is 2.27. The second kappa shape index (κ2) is 12.9. The predicted molar refractivity (Wildman–Crippen MR) is 166 cm³/mol. The van der Waals surface area contributed by atoms with Gasteiger partial charge in [0, 0.05) is 67.0 Å². The number of ether oxygens (including phenoxy) is 1. The Labute approximate surface area is 259 Å². The first-order chi connectivity index (χ1) is 21.4. The molecule has 2 aromatic carbocycles. The number of hydrogen-bond acceptors (Lipinski definition) is 11. The molecule has 238 valence electrons. The minimum Gasteiger partial charge on any atom is -0.480 e. The van der Waals surface area contributed by atoms with E-state index in [2.05, 4.69) is 50.5 Å². The normalized spacial score (nSPS) is 16.2. The lowest BCUT2D eigenvalue weighted by Crippen LogP contribution is -2.53. The molecule has 0 radical (unpaired) electrons. The average Bonchev–Trinajstić information content (AvgIpc) is 3.44. The number of nitrogen functional groups attached to an aromatic ring is 1. The standard InChI is InChI=1S/C30H34F2N8O4S/c1-17(2)40-8-7-39(15-18(40)3)16-28-36-37-29(44-28)22-9-19(10-25(34)23(22)13-33)20-11-26(30(43-4)35-14-20)38-45(41,42)27-6-5-21(31)12-24(27)32/h5-6,9-14,17-18,33,38H,7-8,15-16,34H2,1-4H3/t18-/m0/s1. The molecule has 1 saturated heterocycles. The van der Waals surface area contributed by atoms with Gasteiger partial charge in [0.15, 0.2) is 0 Å². The van der Waals surface area contributed by atoms with Crippen molar-refractivity contribution >= 4 is 27.6 Å². The Bertz CT molecular complexity index is 1830. The van der Waals surface area contributed by atoms with E-state index < -0.39 is 26.6 Å². The second-order valence-electron chi connectivity index (χ2n) is 11.0. The Morgan fingerprint density at radius 1 is 1.18 bits per heavy atom. The third-order valence-corrected chi connectivity index (χ3v) is 9.04. The first-order valence-electron chi connectivity index (χ1n) is 14.2. The quantitative estimate of drug-likeness (QED) is 0.167. The number of hydrogen-bond donors (Lipinski definition) is 3. The van der Waals surface area contributed by atoms with Gasteiger partial charge in [-0.3, -0.25) is 14.5 Å². The molecule has 4 N–H and O–H groups in total. The summed E-state index contributed by atoms with van der Waals surface area (Å²) in [4.78, 5) is 8.16. The van der Waals surface area contributed by atoms with Gasteiger partial charge in [0.05, 0.1) is 19.2 Å². The van der Waals surface area contributed by atoms with Gasteiger partial charge in [0.25, 0.3) is 10.0 Å². The van der Waals surface area contributed by atoms with Gasteiger partial charge in [-0.2, -0.15) is 0 Å². The van der Waals surface area contributed by atoms with Crippen molar-refractivity contribution in [3.05, 3.63) is 65.7 Å². The van der Waals surface area contributed by atoms with Crippen LogP contribution >= 0.6 is 0 Å². The summed E-state index contributed by atoms with van der Waals surface area (Å²) in [5.41, 5.74) is 8.15. The Morgan fingerprint density at radius 3 is 2.62 bits per heavy atom. The number of piperazine rings is 1. The fourth-order valence-electron chi connectivity index (χ4n) is 5.49. The number of nitrogens with two attached hydrogens (primary N) is 1. The number of nitrogens with zero attached hydrogens (tertiary/aromatic N) is 5. The smallest absolute Gasteiger partial charge is 0.264 e. The fourth-order valence-corrected chi connectivity index (χ4v) is 6.60. The molecule has 0 aliphatic carbocycles. The molecule has 3 heterocycles. The van der Waals surface area contributed by atoms with Crippen LogP contribution in [-0.2, 0) is 16.6 Å². The Hall–Kier alpha value is -4.47. The van der Waals surface area contributed by atoms with Crippen LogP contribution in [0.1, 0.15) is 32.2 Å². The number of halogens is 2. The maximum atomic E-state index is 14.3. The first kappa shape index (κ1) is 31.9. The number of nitrogens with one attached hydrogen (secondary N) is 2. The molecule has 15 heteroatoms. The summed E-state index contributed by atoms with van der Waals surface area (Å²) in [5.74, 6) is -1.66. The van der Waals surface area contributed by atoms with Gasteiger partial charge in [-0.1, -0.05) is 0 Å². The summed E-state index contributed by atoms with van der Waals surface area (Å²) in [6.07, 6.45) is 2.53. The number of pyridine rings is 1. The van der Waals surface area contributed by atoms with Crippen molar-refractivity contribution in [1.82, 2.24) is 25.0 Å². The van der Waals surface area contributed by atoms with E-state index in [4.69, 9.17) is 20.3 Å². The zero-order valence-electron chi connectivity index (χ0n) is 25.2. The van der Waals surface area contributed by atoms with Crippen molar-refractivity contribution in [2.45, 2.75) is 44.3 Å². The minimum atomic E-state index is -4.49. The van der Waals surface area contributed by atoms with E-state index in [0.29, 0.717) is 52.8 Å². The summed E-state index contributed by atoms with van der Waals surface area (Å²) in [6.45, 7) is 9.69. The van der Waals surface area contributed by atoms with Crippen LogP contribution in [0.5, 0.6) is 5.88 Å². The maximum Gasteiger partial charge on any atom is 0.264 e. The summed E-state index contributed by atoms with van der Waals surface area (Å²) in [7, 11) is -3.19. The molecule has 2 aromatic heterocycles. The number of aromatic nitrogens is 3. The van der Waals surface area contributed by atoms with E-state index in [1.165, 1.54) is 19.4 Å². The van der Waals surface area contributed by atoms with Gasteiger partial charge in [0.1, 0.15) is 22.2 Å². The highest BCUT2D eigenvalue weighted by atomic mass is 32.2. The molecule has 0 amide bonds. The van der Waals surface area contributed by atoms with Crippen LogP contribution < -0.4 is 15.2 Å². The van der Waals surface area contributed by atoms with E-state index in [1.807, 2.05) is 0 Å². The monoisotopic (exact) mass is 640 g/mol. The Balaban J connectivity index is 1.45. The van der Waals surface area contributed by atoms with Gasteiger partial charge in [-0.15, -0.1) is 10.2 Å². The molecule has 5 rings (SSSR count). The third-order valence-electron chi connectivity index (χ3n) is 7.64. The number of benzene rings is 2. The van der Waals surface area contributed by atoms with Crippen LogP contribution in [0, 0.1) is 17.0 Å². The van der Waals surface area contributed by atoms with Crippen molar-refractivity contribution in [1.29, 1.82) is 5.41 Å². The van der Waals surface area contributed by atoms with Crippen molar-refractivity contribution in [2.75, 3.05) is 37.2 Å². The lowest BCUT2D eigenvalue weighted by Gasteiger charge is -2.41. The number of rotatable bonds is 10. The lowest BCUT2D eigenvalue weighted by molar-refractivity contribution is 0.0523. The molecule has 45 heavy (non-hydrogen) atoms. The number of sulfonamides is 1. The van der Waals surface area contributed by atoms with Gasteiger partial charge in [-0.25, -0.2) is 22.2 Å². The molecule has 1 atom stereocenters. The SMILES string of the molecule is COc1ncc(-c2cc(N)c(C=N)c(-c3nnc(CN4CCN(C(C)C)[C@@H](C)C4)o3)c2)cc1NS(=O)(=O)c1ccc(F)cc1F. The predicted octanol–water partition coefficient (Wildman–Crippen LogP) is 4.38. The molecule has 1 fully saturated rings. The second-order valence-corrected chi connectivity index (χ2v) is 12.7. The molecular formula is C30H34F2N8O4S. The van der Waals surface area contributed by atoms with E-state index in [9.17, 15) is 17.2 Å². The fraction of sp³-hybridized carbons (Fsp3) is 0.333. The van der Waals surface area contributed by atoms with Crippen molar-refractivity contribution in [3.63, 3.8) is 0 Å². The summed E-state index contributed by atoms with van der Waals surface area (Å²) >= 11 is 0. The van der Waals surface area contributed by atoms with Crippen LogP contribution in [0.4, 0.5) is 20.2 Å². The van der Waals surface area contributed by atoms with Crippen molar-refractivity contribution in [3.8, 4) is 28.5 Å². The van der Waals surface area contributed by atoms with Gasteiger partial charge in [-0.05, 0) is 56.7 Å². The van der Waals surface area contributed by atoms with Gasteiger partial charge in [0.2, 0.25) is 17.7 Å². The molecule has 4 aromatic rings. The molecular weight excluding hydrogens is 606 g/mol. The zero-order chi connectivity index (χ0) is 32.5. The molecule has 1 aliphatic rings. The lowest BCUT2D eigenvalue weighted by atomic mass is 9.98. The number of anilines is 2. The highest BCUT2D eigenvalue weighted by Crippen LogP contribution is 2.35. The van der Waals surface area contributed by atoms with Crippen molar-refractivity contribution < 1.29 is 26.4 Å². The molecule has 0 saturated carbocycles. The Morgan fingerprint density at radius 2 is 1.96 bits per heavy atom. The van der Waals surface area contributed by atoms with Crippen LogP contribution in [0.25, 0.3) is 22.6 Å². The van der Waals surface area contributed by atoms with Crippen LogP contribution in [0.3, 0.4) is 0 Å². The van der Waals surface area contributed by atoms with E-state index in [1.54, 1.807) is 12.1 Å². The molecule has 1 aliphatic heterocycles. The largest absolute Gasteiger partial charge is 0.480 e. The average molecular weight is 641 g/mol. The van der Waals surface area contributed by atoms with E-state index in [-0.39, 0.29) is 23.1 Å². The van der Waals surface area contributed by atoms with E-state index in [0.717, 1.165) is 38.0 Å². The van der Waals surface area contributed by atoms with Gasteiger partial charge >= 0.3 is 0 Å². The zero-order valence-corrected chi connectivity index (χ0v) is 26.0. The third kappa shape index (κ3) is 6.79. The van der Waals surface area contributed by atoms with Crippen LogP contribution in [0.15, 0.2) is 51.9 Å². The summed E-state index contributed by atoms with van der Waals surface area (Å²) < 4.78 is 67.3. The van der Waals surface area contributed by atoms with Gasteiger partial charge < -0.3 is 20.3 Å². The molecule has 12 nitrogen and oxygen atoms in total. The molecule has 0 spiro atoms. The topological polar surface area (TPSA) is 164 Å². The van der Waals surface area contributed by atoms with Crippen LogP contribution in [-0.4, -0.2) is 78.4 Å². The summed E-state index contributed by atoms with van der Waals surface area (Å²) in [6, 6.07) is 7.70. The summed E-state index contributed by atoms with van der Waals surface area (Å²) in [5, 5.41) is 16.5. The first-order valence-corrected chi connectivity index (χ1v) is 15.7. The minimum absolute atomic E-state index is 0.0840.